The van der Waals surface area contributed by atoms with E-state index in [9.17, 15) is 0 Å². The Hall–Kier alpha value is -0.0800. The van der Waals surface area contributed by atoms with Crippen molar-refractivity contribution >= 4 is 0 Å². The van der Waals surface area contributed by atoms with Gasteiger partial charge in [0.15, 0.2) is 0 Å². The van der Waals surface area contributed by atoms with Crippen LogP contribution < -0.4 is 5.32 Å². The van der Waals surface area contributed by atoms with Crippen molar-refractivity contribution in [3.05, 3.63) is 0 Å². The fourth-order valence-corrected chi connectivity index (χ4v) is 4.11. The van der Waals surface area contributed by atoms with Gasteiger partial charge in [0.25, 0.3) is 0 Å². The Kier molecular flexibility index (Phi) is 6.15. The quantitative estimate of drug-likeness (QED) is 0.817. The van der Waals surface area contributed by atoms with Crippen LogP contribution in [0.1, 0.15) is 65.7 Å². The molecule has 0 spiro atoms. The van der Waals surface area contributed by atoms with E-state index in [1.54, 1.807) is 0 Å². The first-order chi connectivity index (χ1) is 9.18. The zero-order valence-corrected chi connectivity index (χ0v) is 13.3. The molecule has 0 aromatic heterocycles. The second-order valence-electron chi connectivity index (χ2n) is 7.14. The highest BCUT2D eigenvalue weighted by Gasteiger charge is 2.28. The van der Waals surface area contributed by atoms with Crippen LogP contribution in [-0.4, -0.2) is 36.6 Å². The molecule has 1 heterocycles. The molecule has 1 aliphatic carbocycles. The van der Waals surface area contributed by atoms with Crippen molar-refractivity contribution in [1.29, 1.82) is 0 Å². The van der Waals surface area contributed by atoms with E-state index < -0.39 is 0 Å². The molecule has 1 saturated heterocycles. The Morgan fingerprint density at radius 1 is 1.00 bits per heavy atom. The fourth-order valence-electron chi connectivity index (χ4n) is 4.11. The Balaban J connectivity index is 1.89. The van der Waals surface area contributed by atoms with E-state index in [-0.39, 0.29) is 0 Å². The number of hydrogen-bond donors (Lipinski definition) is 1. The highest BCUT2D eigenvalue weighted by atomic mass is 15.2. The van der Waals surface area contributed by atoms with Gasteiger partial charge < -0.3 is 5.32 Å². The highest BCUT2D eigenvalue weighted by molar-refractivity contribution is 4.83. The zero-order chi connectivity index (χ0) is 13.7. The molecular formula is C17H34N2. The van der Waals surface area contributed by atoms with E-state index in [1.807, 2.05) is 0 Å². The van der Waals surface area contributed by atoms with E-state index >= 15 is 0 Å². The summed E-state index contributed by atoms with van der Waals surface area (Å²) >= 11 is 0. The van der Waals surface area contributed by atoms with Crippen LogP contribution in [0.15, 0.2) is 0 Å². The highest BCUT2D eigenvalue weighted by Crippen LogP contribution is 2.30. The van der Waals surface area contributed by atoms with Crippen molar-refractivity contribution in [2.75, 3.05) is 19.6 Å². The normalized spacial score (nSPS) is 27.9. The van der Waals surface area contributed by atoms with Crippen molar-refractivity contribution in [3.8, 4) is 0 Å². The van der Waals surface area contributed by atoms with Gasteiger partial charge in [-0.05, 0) is 71.4 Å². The Bertz CT molecular complexity index is 240. The van der Waals surface area contributed by atoms with E-state index in [0.717, 1.165) is 17.9 Å². The number of hydrogen-bond acceptors (Lipinski definition) is 2. The second kappa shape index (κ2) is 7.64. The van der Waals surface area contributed by atoms with Crippen LogP contribution >= 0.6 is 0 Å². The van der Waals surface area contributed by atoms with Gasteiger partial charge in [0.05, 0.1) is 0 Å². The zero-order valence-electron chi connectivity index (χ0n) is 13.3. The summed E-state index contributed by atoms with van der Waals surface area (Å²) in [6.07, 6.45) is 10.1. The largest absolute Gasteiger partial charge is 0.316 e. The number of piperidine rings is 1. The van der Waals surface area contributed by atoms with Crippen molar-refractivity contribution < 1.29 is 0 Å². The van der Waals surface area contributed by atoms with Crippen LogP contribution in [0.5, 0.6) is 0 Å². The molecule has 112 valence electrons. The first kappa shape index (κ1) is 15.3. The van der Waals surface area contributed by atoms with E-state index in [4.69, 9.17) is 0 Å². The maximum absolute atomic E-state index is 3.57. The van der Waals surface area contributed by atoms with Crippen LogP contribution in [0.2, 0.25) is 0 Å². The molecule has 1 N–H and O–H groups in total. The Morgan fingerprint density at radius 3 is 2.32 bits per heavy atom. The molecule has 2 aliphatic rings. The minimum absolute atomic E-state index is 0.693. The predicted octanol–water partition coefficient (Wildman–Crippen LogP) is 3.67. The average molecular weight is 266 g/mol. The first-order valence-electron chi connectivity index (χ1n) is 8.65. The average Bonchev–Trinajstić information content (AvgIpc) is 2.46. The lowest BCUT2D eigenvalue weighted by Crippen LogP contribution is -2.48. The van der Waals surface area contributed by atoms with Gasteiger partial charge in [0.1, 0.15) is 0 Å². The second-order valence-corrected chi connectivity index (χ2v) is 7.14. The SMILES string of the molecule is CC(C)N(CC1CCCNC1)C(C)C1CCCCC1. The van der Waals surface area contributed by atoms with Crippen LogP contribution in [0.4, 0.5) is 0 Å². The molecule has 0 bridgehead atoms. The summed E-state index contributed by atoms with van der Waals surface area (Å²) in [6, 6.07) is 1.47. The number of rotatable bonds is 5. The molecule has 2 unspecified atom stereocenters. The number of nitrogens with zero attached hydrogens (tertiary/aromatic N) is 1. The van der Waals surface area contributed by atoms with Crippen molar-refractivity contribution in [2.45, 2.75) is 77.8 Å². The Labute approximate surface area is 120 Å². The summed E-state index contributed by atoms with van der Waals surface area (Å²) in [6.45, 7) is 11.0. The molecule has 2 heteroatoms. The molecule has 0 amide bonds. The molecule has 2 atom stereocenters. The molecule has 0 aromatic rings. The van der Waals surface area contributed by atoms with Gasteiger partial charge in [-0.1, -0.05) is 19.3 Å². The van der Waals surface area contributed by atoms with Gasteiger partial charge in [-0.15, -0.1) is 0 Å². The Morgan fingerprint density at radius 2 is 1.74 bits per heavy atom. The minimum Gasteiger partial charge on any atom is -0.316 e. The summed E-state index contributed by atoms with van der Waals surface area (Å²) in [5.41, 5.74) is 0. The van der Waals surface area contributed by atoms with E-state index in [2.05, 4.69) is 31.0 Å². The fraction of sp³-hybridized carbons (Fsp3) is 1.00. The van der Waals surface area contributed by atoms with Crippen LogP contribution in [0.25, 0.3) is 0 Å². The van der Waals surface area contributed by atoms with Gasteiger partial charge in [-0.2, -0.15) is 0 Å². The van der Waals surface area contributed by atoms with Gasteiger partial charge in [-0.3, -0.25) is 4.90 Å². The lowest BCUT2D eigenvalue weighted by atomic mass is 9.83. The third-order valence-corrected chi connectivity index (χ3v) is 5.39. The lowest BCUT2D eigenvalue weighted by molar-refractivity contribution is 0.0767. The summed E-state index contributed by atoms with van der Waals surface area (Å²) in [5.74, 6) is 1.83. The van der Waals surface area contributed by atoms with Gasteiger partial charge in [0.2, 0.25) is 0 Å². The maximum Gasteiger partial charge on any atom is 0.00980 e. The predicted molar refractivity (Wildman–Crippen MR) is 83.5 cm³/mol. The first-order valence-corrected chi connectivity index (χ1v) is 8.65. The third-order valence-electron chi connectivity index (χ3n) is 5.39. The maximum atomic E-state index is 3.57. The lowest BCUT2D eigenvalue weighted by Gasteiger charge is -2.41. The van der Waals surface area contributed by atoms with Crippen molar-refractivity contribution in [1.82, 2.24) is 10.2 Å². The number of nitrogens with one attached hydrogen (secondary N) is 1. The third kappa shape index (κ3) is 4.46. The molecule has 1 aliphatic heterocycles. The summed E-state index contributed by atoms with van der Waals surface area (Å²) in [5, 5.41) is 3.57. The topological polar surface area (TPSA) is 15.3 Å². The molecular weight excluding hydrogens is 232 g/mol. The minimum atomic E-state index is 0.693. The van der Waals surface area contributed by atoms with Gasteiger partial charge >= 0.3 is 0 Å². The summed E-state index contributed by atoms with van der Waals surface area (Å²) in [4.78, 5) is 2.80. The van der Waals surface area contributed by atoms with Gasteiger partial charge in [-0.25, -0.2) is 0 Å². The molecule has 2 rings (SSSR count). The smallest absolute Gasteiger partial charge is 0.00980 e. The van der Waals surface area contributed by atoms with E-state index in [1.165, 1.54) is 64.6 Å². The van der Waals surface area contributed by atoms with Crippen molar-refractivity contribution in [3.63, 3.8) is 0 Å². The summed E-state index contributed by atoms with van der Waals surface area (Å²) in [7, 11) is 0. The molecule has 0 aromatic carbocycles. The molecule has 1 saturated carbocycles. The van der Waals surface area contributed by atoms with Crippen molar-refractivity contribution in [2.24, 2.45) is 11.8 Å². The van der Waals surface area contributed by atoms with Crippen LogP contribution in [-0.2, 0) is 0 Å². The standard InChI is InChI=1S/C17H34N2/c1-14(2)19(13-16-8-7-11-18-12-16)15(3)17-9-5-4-6-10-17/h14-18H,4-13H2,1-3H3. The van der Waals surface area contributed by atoms with Crippen LogP contribution in [0.3, 0.4) is 0 Å². The molecule has 19 heavy (non-hydrogen) atoms. The molecule has 2 fully saturated rings. The molecule has 0 radical (unpaired) electrons. The summed E-state index contributed by atoms with van der Waals surface area (Å²) < 4.78 is 0. The van der Waals surface area contributed by atoms with Gasteiger partial charge in [0, 0.05) is 18.6 Å². The molecule has 2 nitrogen and oxygen atoms in total. The van der Waals surface area contributed by atoms with E-state index in [0.29, 0.717) is 6.04 Å². The monoisotopic (exact) mass is 266 g/mol. The van der Waals surface area contributed by atoms with Crippen LogP contribution in [0, 0.1) is 11.8 Å².